The maximum atomic E-state index is 5.76. The van der Waals surface area contributed by atoms with E-state index in [4.69, 9.17) is 14.0 Å². The van der Waals surface area contributed by atoms with Gasteiger partial charge < -0.3 is 14.0 Å². The van der Waals surface area contributed by atoms with Crippen molar-refractivity contribution in [3.8, 4) is 0 Å². The molecule has 3 heterocycles. The number of aromatic nitrogens is 1. The first-order valence-corrected chi connectivity index (χ1v) is 7.41. The summed E-state index contributed by atoms with van der Waals surface area (Å²) in [7, 11) is -0.320. The van der Waals surface area contributed by atoms with Crippen LogP contribution in [0.4, 0.5) is 0 Å². The van der Waals surface area contributed by atoms with Gasteiger partial charge in [-0.05, 0) is 24.5 Å². The van der Waals surface area contributed by atoms with Crippen molar-refractivity contribution in [2.45, 2.75) is 32.6 Å². The Morgan fingerprint density at radius 2 is 2.05 bits per heavy atom. The summed E-state index contributed by atoms with van der Waals surface area (Å²) in [5, 5.41) is 0. The van der Waals surface area contributed by atoms with Crippen molar-refractivity contribution in [2.75, 3.05) is 26.4 Å². The van der Waals surface area contributed by atoms with E-state index in [1.54, 1.807) is 0 Å². The smallest absolute Gasteiger partial charge is 0.406 e. The fourth-order valence-electron chi connectivity index (χ4n) is 2.66. The molecular weight excluding hydrogens is 253 g/mol. The normalized spacial score (nSPS) is 26.5. The SMILES string of the molecule is CC1(C)COB(c2ccc(C3CCCOC3)cn2)OC1. The average Bonchev–Trinajstić information content (AvgIpc) is 2.48. The van der Waals surface area contributed by atoms with E-state index in [1.807, 2.05) is 12.3 Å². The number of hydrogen-bond acceptors (Lipinski definition) is 4. The molecular formula is C15H22BNO3. The predicted molar refractivity (Wildman–Crippen MR) is 78.1 cm³/mol. The first-order valence-electron chi connectivity index (χ1n) is 7.41. The molecule has 1 atom stereocenters. The fourth-order valence-corrected chi connectivity index (χ4v) is 2.66. The lowest BCUT2D eigenvalue weighted by Gasteiger charge is -2.32. The van der Waals surface area contributed by atoms with Gasteiger partial charge in [-0.15, -0.1) is 0 Å². The van der Waals surface area contributed by atoms with Crippen LogP contribution in [0.1, 0.15) is 38.2 Å². The van der Waals surface area contributed by atoms with Crippen molar-refractivity contribution >= 4 is 12.7 Å². The molecule has 0 amide bonds. The Balaban J connectivity index is 1.64. The van der Waals surface area contributed by atoms with Crippen LogP contribution in [-0.2, 0) is 14.0 Å². The molecule has 0 spiro atoms. The molecule has 108 valence electrons. The maximum absolute atomic E-state index is 5.76. The molecule has 0 saturated carbocycles. The Labute approximate surface area is 121 Å². The van der Waals surface area contributed by atoms with E-state index < -0.39 is 0 Å². The predicted octanol–water partition coefficient (Wildman–Crippen LogP) is 1.74. The molecule has 2 aliphatic heterocycles. The van der Waals surface area contributed by atoms with Crippen LogP contribution in [-0.4, -0.2) is 38.5 Å². The zero-order valence-electron chi connectivity index (χ0n) is 12.3. The first-order chi connectivity index (χ1) is 9.64. The van der Waals surface area contributed by atoms with E-state index >= 15 is 0 Å². The lowest BCUT2D eigenvalue weighted by molar-refractivity contribution is 0.0339. The van der Waals surface area contributed by atoms with E-state index in [9.17, 15) is 0 Å². The lowest BCUT2D eigenvalue weighted by atomic mass is 9.79. The van der Waals surface area contributed by atoms with Gasteiger partial charge in [0.15, 0.2) is 0 Å². The third-order valence-corrected chi connectivity index (χ3v) is 3.93. The van der Waals surface area contributed by atoms with Gasteiger partial charge in [-0.2, -0.15) is 0 Å². The van der Waals surface area contributed by atoms with Crippen LogP contribution < -0.4 is 5.59 Å². The summed E-state index contributed by atoms with van der Waals surface area (Å²) < 4.78 is 17.0. The number of nitrogens with zero attached hydrogens (tertiary/aromatic N) is 1. The van der Waals surface area contributed by atoms with Crippen LogP contribution in [0.15, 0.2) is 18.3 Å². The number of rotatable bonds is 2. The molecule has 0 bridgehead atoms. The van der Waals surface area contributed by atoms with E-state index in [-0.39, 0.29) is 12.5 Å². The van der Waals surface area contributed by atoms with Crippen molar-refractivity contribution < 1.29 is 14.0 Å². The van der Waals surface area contributed by atoms with Crippen LogP contribution in [0.25, 0.3) is 0 Å². The Morgan fingerprint density at radius 3 is 2.65 bits per heavy atom. The molecule has 0 aromatic carbocycles. The zero-order valence-corrected chi connectivity index (χ0v) is 12.3. The van der Waals surface area contributed by atoms with Gasteiger partial charge in [0.2, 0.25) is 0 Å². The summed E-state index contributed by atoms with van der Waals surface area (Å²) in [4.78, 5) is 4.52. The van der Waals surface area contributed by atoms with Crippen LogP contribution in [0.2, 0.25) is 0 Å². The molecule has 0 aliphatic carbocycles. The highest BCUT2D eigenvalue weighted by atomic mass is 16.6. The Hall–Kier alpha value is -0.905. The molecule has 20 heavy (non-hydrogen) atoms. The topological polar surface area (TPSA) is 40.6 Å². The summed E-state index contributed by atoms with van der Waals surface area (Å²) in [6.07, 6.45) is 4.27. The Bertz CT molecular complexity index is 433. The van der Waals surface area contributed by atoms with Crippen molar-refractivity contribution in [3.63, 3.8) is 0 Å². The van der Waals surface area contributed by atoms with E-state index in [1.165, 1.54) is 12.0 Å². The summed E-state index contributed by atoms with van der Waals surface area (Å²) in [6, 6.07) is 4.15. The molecule has 2 saturated heterocycles. The van der Waals surface area contributed by atoms with Crippen LogP contribution in [0.5, 0.6) is 0 Å². The van der Waals surface area contributed by atoms with E-state index in [0.717, 1.165) is 25.2 Å². The quantitative estimate of drug-likeness (QED) is 0.771. The number of hydrogen-bond donors (Lipinski definition) is 0. The second-order valence-electron chi connectivity index (χ2n) is 6.55. The van der Waals surface area contributed by atoms with Gasteiger partial charge in [0.25, 0.3) is 0 Å². The van der Waals surface area contributed by atoms with Crippen molar-refractivity contribution in [1.29, 1.82) is 0 Å². The van der Waals surface area contributed by atoms with Gasteiger partial charge in [-0.3, -0.25) is 4.98 Å². The Kier molecular flexibility index (Phi) is 4.10. The second kappa shape index (κ2) is 5.84. The van der Waals surface area contributed by atoms with Gasteiger partial charge in [0, 0.05) is 37.4 Å². The van der Waals surface area contributed by atoms with Crippen molar-refractivity contribution in [1.82, 2.24) is 4.98 Å². The molecule has 1 aromatic rings. The minimum atomic E-state index is -0.320. The van der Waals surface area contributed by atoms with Crippen LogP contribution >= 0.6 is 0 Å². The summed E-state index contributed by atoms with van der Waals surface area (Å²) >= 11 is 0. The fraction of sp³-hybridized carbons (Fsp3) is 0.667. The van der Waals surface area contributed by atoms with Crippen LogP contribution in [0.3, 0.4) is 0 Å². The molecule has 3 rings (SSSR count). The van der Waals surface area contributed by atoms with Crippen molar-refractivity contribution in [3.05, 3.63) is 23.9 Å². The van der Waals surface area contributed by atoms with E-state index in [2.05, 4.69) is 24.9 Å². The Morgan fingerprint density at radius 1 is 1.25 bits per heavy atom. The van der Waals surface area contributed by atoms with Crippen LogP contribution in [0, 0.1) is 5.41 Å². The van der Waals surface area contributed by atoms with Gasteiger partial charge in [-0.1, -0.05) is 19.9 Å². The highest BCUT2D eigenvalue weighted by Crippen LogP contribution is 2.24. The highest BCUT2D eigenvalue weighted by molar-refractivity contribution is 6.60. The van der Waals surface area contributed by atoms with Gasteiger partial charge in [0.1, 0.15) is 0 Å². The maximum Gasteiger partial charge on any atom is 0.513 e. The third-order valence-electron chi connectivity index (χ3n) is 3.93. The van der Waals surface area contributed by atoms with Gasteiger partial charge in [-0.25, -0.2) is 0 Å². The highest BCUT2D eigenvalue weighted by Gasteiger charge is 2.34. The largest absolute Gasteiger partial charge is 0.513 e. The van der Waals surface area contributed by atoms with Crippen molar-refractivity contribution in [2.24, 2.45) is 5.41 Å². The molecule has 2 fully saturated rings. The van der Waals surface area contributed by atoms with E-state index in [0.29, 0.717) is 19.1 Å². The lowest BCUT2D eigenvalue weighted by Crippen LogP contribution is -2.48. The molecule has 0 N–H and O–H groups in total. The summed E-state index contributed by atoms with van der Waals surface area (Å²) in [6.45, 7) is 7.40. The summed E-state index contributed by atoms with van der Waals surface area (Å²) in [5.41, 5.74) is 2.21. The molecule has 1 unspecified atom stereocenters. The van der Waals surface area contributed by atoms with Gasteiger partial charge in [0.05, 0.1) is 12.2 Å². The monoisotopic (exact) mass is 275 g/mol. The zero-order chi connectivity index (χ0) is 14.0. The minimum absolute atomic E-state index is 0.0931. The summed E-state index contributed by atoms with van der Waals surface area (Å²) in [5.74, 6) is 0.484. The average molecular weight is 275 g/mol. The standard InChI is InChI=1S/C15H22BNO3/c1-15(2)10-19-16(20-11-15)14-6-5-12(8-17-14)13-4-3-7-18-9-13/h5-6,8,13H,3-4,7,9-11H2,1-2H3. The number of ether oxygens (including phenoxy) is 1. The number of pyridine rings is 1. The molecule has 4 nitrogen and oxygen atoms in total. The van der Waals surface area contributed by atoms with Gasteiger partial charge >= 0.3 is 7.12 Å². The molecule has 2 aliphatic rings. The third kappa shape index (κ3) is 3.22. The first kappa shape index (κ1) is 14.0. The second-order valence-corrected chi connectivity index (χ2v) is 6.55. The minimum Gasteiger partial charge on any atom is -0.406 e. The molecule has 5 heteroatoms. The molecule has 0 radical (unpaired) electrons. The molecule has 1 aromatic heterocycles.